The molecule has 0 aromatic heterocycles. The highest BCUT2D eigenvalue weighted by Gasteiger charge is 2.26. The van der Waals surface area contributed by atoms with Gasteiger partial charge in [0.15, 0.2) is 5.96 Å². The summed E-state index contributed by atoms with van der Waals surface area (Å²) in [4.78, 5) is 31.9. The minimum atomic E-state index is -0.518. The van der Waals surface area contributed by atoms with Gasteiger partial charge in [-0.1, -0.05) is 12.1 Å². The zero-order chi connectivity index (χ0) is 20.7. The Balaban J connectivity index is 0.00000420. The fourth-order valence-corrected chi connectivity index (χ4v) is 2.65. The van der Waals surface area contributed by atoms with Crippen molar-refractivity contribution in [2.24, 2.45) is 10.7 Å². The number of ether oxygens (including phenoxy) is 1. The maximum Gasteiger partial charge on any atom is 0.410 e. The predicted octanol–water partition coefficient (Wildman–Crippen LogP) is 1.61. The minimum absolute atomic E-state index is 0. The number of halogens is 1. The molecule has 4 N–H and O–H groups in total. The summed E-state index contributed by atoms with van der Waals surface area (Å²) in [5, 5.41) is 12.4. The molecular formula is C19H30IN5O4. The molecule has 162 valence electrons. The number of phenolic OH excluding ortho intramolecular Hbond substituents is 1. The normalized spacial score (nSPS) is 14.8. The number of nitrogens with zero attached hydrogens (tertiary/aromatic N) is 3. The summed E-state index contributed by atoms with van der Waals surface area (Å²) in [7, 11) is 0. The second-order valence-electron chi connectivity index (χ2n) is 7.47. The molecule has 29 heavy (non-hydrogen) atoms. The van der Waals surface area contributed by atoms with Gasteiger partial charge in [-0.05, 0) is 32.9 Å². The first-order valence-corrected chi connectivity index (χ1v) is 9.26. The number of aromatic hydroxyl groups is 1. The van der Waals surface area contributed by atoms with Crippen LogP contribution in [0.2, 0.25) is 0 Å². The van der Waals surface area contributed by atoms with E-state index in [1.807, 2.05) is 25.7 Å². The smallest absolute Gasteiger partial charge is 0.410 e. The van der Waals surface area contributed by atoms with Gasteiger partial charge in [-0.15, -0.1) is 24.0 Å². The van der Waals surface area contributed by atoms with Gasteiger partial charge in [-0.3, -0.25) is 9.79 Å². The van der Waals surface area contributed by atoms with Crippen molar-refractivity contribution < 1.29 is 19.4 Å². The zero-order valence-corrected chi connectivity index (χ0v) is 19.4. The van der Waals surface area contributed by atoms with Crippen molar-refractivity contribution in [3.05, 3.63) is 29.8 Å². The molecule has 2 amide bonds. The molecule has 0 aliphatic carbocycles. The lowest BCUT2D eigenvalue weighted by atomic mass is 10.2. The van der Waals surface area contributed by atoms with Crippen LogP contribution in [0.5, 0.6) is 5.75 Å². The van der Waals surface area contributed by atoms with Crippen LogP contribution in [0.25, 0.3) is 0 Å². The fourth-order valence-electron chi connectivity index (χ4n) is 2.65. The van der Waals surface area contributed by atoms with E-state index in [2.05, 4.69) is 10.3 Å². The first-order valence-electron chi connectivity index (χ1n) is 9.26. The average molecular weight is 519 g/mol. The summed E-state index contributed by atoms with van der Waals surface area (Å²) in [6.07, 6.45) is -0.325. The third kappa shape index (κ3) is 7.95. The molecule has 10 heteroatoms. The van der Waals surface area contributed by atoms with Crippen LogP contribution >= 0.6 is 24.0 Å². The SMILES string of the molecule is CC(C)(C)OC(=O)N1CCN(C(N)=NCCNC(=O)c2ccccc2O)CC1.I. The number of piperazine rings is 1. The molecule has 1 aliphatic heterocycles. The van der Waals surface area contributed by atoms with E-state index in [0.717, 1.165) is 0 Å². The molecule has 0 saturated carbocycles. The topological polar surface area (TPSA) is 120 Å². The van der Waals surface area contributed by atoms with Crippen LogP contribution in [-0.4, -0.2) is 77.7 Å². The maximum absolute atomic E-state index is 12.1. The zero-order valence-electron chi connectivity index (χ0n) is 17.1. The molecule has 0 spiro atoms. The third-order valence-electron chi connectivity index (χ3n) is 4.08. The van der Waals surface area contributed by atoms with Gasteiger partial charge >= 0.3 is 6.09 Å². The number of rotatable bonds is 4. The van der Waals surface area contributed by atoms with Crippen LogP contribution in [0.4, 0.5) is 4.79 Å². The molecule has 2 rings (SSSR count). The number of aliphatic imine (C=N–C) groups is 1. The Bertz CT molecular complexity index is 728. The number of carbonyl (C=O) groups excluding carboxylic acids is 2. The molecule has 1 saturated heterocycles. The molecular weight excluding hydrogens is 489 g/mol. The van der Waals surface area contributed by atoms with Crippen LogP contribution in [0.1, 0.15) is 31.1 Å². The first-order chi connectivity index (χ1) is 13.2. The largest absolute Gasteiger partial charge is 0.507 e. The summed E-state index contributed by atoms with van der Waals surface area (Å²) in [5.41, 5.74) is 5.71. The number of para-hydroxylation sites is 1. The highest BCUT2D eigenvalue weighted by molar-refractivity contribution is 14.0. The van der Waals surface area contributed by atoms with Crippen LogP contribution in [0.3, 0.4) is 0 Å². The number of hydrogen-bond donors (Lipinski definition) is 3. The van der Waals surface area contributed by atoms with E-state index < -0.39 is 5.60 Å². The van der Waals surface area contributed by atoms with Crippen molar-refractivity contribution in [1.29, 1.82) is 0 Å². The minimum Gasteiger partial charge on any atom is -0.507 e. The van der Waals surface area contributed by atoms with Crippen LogP contribution in [-0.2, 0) is 4.74 Å². The van der Waals surface area contributed by atoms with E-state index in [0.29, 0.717) is 45.2 Å². The number of hydrogen-bond acceptors (Lipinski definition) is 5. The van der Waals surface area contributed by atoms with E-state index >= 15 is 0 Å². The first kappa shape index (κ1) is 24.8. The molecule has 0 unspecified atom stereocenters. The van der Waals surface area contributed by atoms with Crippen molar-refractivity contribution in [1.82, 2.24) is 15.1 Å². The lowest BCUT2D eigenvalue weighted by Crippen LogP contribution is -2.53. The van der Waals surface area contributed by atoms with Gasteiger partial charge in [-0.2, -0.15) is 0 Å². The Morgan fingerprint density at radius 3 is 2.34 bits per heavy atom. The lowest BCUT2D eigenvalue weighted by molar-refractivity contribution is 0.0186. The van der Waals surface area contributed by atoms with Crippen LogP contribution < -0.4 is 11.1 Å². The highest BCUT2D eigenvalue weighted by atomic mass is 127. The van der Waals surface area contributed by atoms with Crippen molar-refractivity contribution in [3.63, 3.8) is 0 Å². The number of phenols is 1. The molecule has 1 aliphatic rings. The Labute approximate surface area is 188 Å². The third-order valence-corrected chi connectivity index (χ3v) is 4.08. The van der Waals surface area contributed by atoms with Gasteiger partial charge in [0.2, 0.25) is 0 Å². The van der Waals surface area contributed by atoms with Crippen molar-refractivity contribution >= 4 is 41.9 Å². The van der Waals surface area contributed by atoms with E-state index in [9.17, 15) is 14.7 Å². The Morgan fingerprint density at radius 1 is 1.17 bits per heavy atom. The van der Waals surface area contributed by atoms with Crippen molar-refractivity contribution in [2.75, 3.05) is 39.3 Å². The van der Waals surface area contributed by atoms with Crippen molar-refractivity contribution in [3.8, 4) is 5.75 Å². The van der Waals surface area contributed by atoms with E-state index in [-0.39, 0.29) is 47.3 Å². The number of benzene rings is 1. The van der Waals surface area contributed by atoms with Gasteiger partial charge < -0.3 is 30.7 Å². The molecule has 1 aromatic carbocycles. The predicted molar refractivity (Wildman–Crippen MR) is 122 cm³/mol. The highest BCUT2D eigenvalue weighted by Crippen LogP contribution is 2.15. The molecule has 0 radical (unpaired) electrons. The standard InChI is InChI=1S/C19H29N5O4.HI/c1-19(2,3)28-18(27)24-12-10-23(11-13-24)17(20)22-9-8-21-16(26)14-6-4-5-7-15(14)25;/h4-7,25H,8-13H2,1-3H3,(H2,20,22)(H,21,26);1H. The molecule has 9 nitrogen and oxygen atoms in total. The molecule has 1 heterocycles. The number of carbonyl (C=O) groups is 2. The van der Waals surface area contributed by atoms with Gasteiger partial charge in [0.1, 0.15) is 11.4 Å². The Kier molecular flexibility index (Phi) is 9.47. The van der Waals surface area contributed by atoms with Crippen molar-refractivity contribution in [2.45, 2.75) is 26.4 Å². The summed E-state index contributed by atoms with van der Waals surface area (Å²) in [6, 6.07) is 6.34. The number of amides is 2. The molecule has 1 fully saturated rings. The van der Waals surface area contributed by atoms with E-state index in [4.69, 9.17) is 10.5 Å². The van der Waals surface area contributed by atoms with Crippen LogP contribution in [0, 0.1) is 0 Å². The molecule has 0 atom stereocenters. The van der Waals surface area contributed by atoms with Gasteiger partial charge in [0.05, 0.1) is 12.1 Å². The summed E-state index contributed by atoms with van der Waals surface area (Å²) in [6.45, 7) is 8.28. The quantitative estimate of drug-likeness (QED) is 0.241. The van der Waals surface area contributed by atoms with Gasteiger partial charge in [-0.25, -0.2) is 4.79 Å². The lowest BCUT2D eigenvalue weighted by Gasteiger charge is -2.36. The Hall–Kier alpha value is -2.24. The number of nitrogens with one attached hydrogen (secondary N) is 1. The fraction of sp³-hybridized carbons (Fsp3) is 0.526. The molecule has 0 bridgehead atoms. The molecule has 1 aromatic rings. The van der Waals surface area contributed by atoms with Crippen LogP contribution in [0.15, 0.2) is 29.3 Å². The second-order valence-corrected chi connectivity index (χ2v) is 7.47. The second kappa shape index (κ2) is 11.1. The average Bonchev–Trinajstić information content (AvgIpc) is 2.64. The van der Waals surface area contributed by atoms with Gasteiger partial charge in [0.25, 0.3) is 5.91 Å². The maximum atomic E-state index is 12.1. The Morgan fingerprint density at radius 2 is 1.76 bits per heavy atom. The summed E-state index contributed by atoms with van der Waals surface area (Å²) < 4.78 is 5.37. The summed E-state index contributed by atoms with van der Waals surface area (Å²) >= 11 is 0. The number of guanidine groups is 1. The van der Waals surface area contributed by atoms with E-state index in [1.165, 1.54) is 6.07 Å². The number of nitrogens with two attached hydrogens (primary N) is 1. The van der Waals surface area contributed by atoms with Gasteiger partial charge in [0, 0.05) is 32.7 Å². The monoisotopic (exact) mass is 519 g/mol. The summed E-state index contributed by atoms with van der Waals surface area (Å²) in [5.74, 6) is -0.0515. The van der Waals surface area contributed by atoms with E-state index in [1.54, 1.807) is 23.1 Å².